The Labute approximate surface area is 462 Å². The van der Waals surface area contributed by atoms with Crippen molar-refractivity contribution in [3.63, 3.8) is 0 Å². The number of amides is 7. The number of carbonyl (C=O) groups is 7. The number of primary amides is 1. The van der Waals surface area contributed by atoms with E-state index < -0.39 is 77.6 Å². The monoisotopic (exact) mass is 1100 g/mol. The first-order valence-corrected chi connectivity index (χ1v) is 26.0. The number of aromatic amines is 1. The number of hydrogen-bond acceptors (Lipinski definition) is 13. The molecular formula is C55H73N15O10. The molecule has 0 aliphatic carbocycles. The average Bonchev–Trinajstić information content (AvgIpc) is 3.85. The van der Waals surface area contributed by atoms with Crippen molar-refractivity contribution < 1.29 is 48.5 Å². The van der Waals surface area contributed by atoms with E-state index in [-0.39, 0.29) is 93.4 Å². The van der Waals surface area contributed by atoms with Crippen LogP contribution in [0.4, 0.5) is 0 Å². The molecule has 0 bridgehead atoms. The van der Waals surface area contributed by atoms with Crippen molar-refractivity contribution in [1.82, 2.24) is 36.9 Å². The number of ether oxygens (including phenoxy) is 1. The van der Waals surface area contributed by atoms with Gasteiger partial charge < -0.3 is 86.2 Å². The van der Waals surface area contributed by atoms with E-state index in [1.54, 1.807) is 18.3 Å². The van der Waals surface area contributed by atoms with Crippen LogP contribution in [0.2, 0.25) is 0 Å². The fraction of sp³-hybridized carbons (Fsp3) is 0.364. The Morgan fingerprint density at radius 3 is 1.44 bits per heavy atom. The van der Waals surface area contributed by atoms with Gasteiger partial charge in [-0.05, 0) is 123 Å². The highest BCUT2D eigenvalue weighted by molar-refractivity contribution is 6.00. The summed E-state index contributed by atoms with van der Waals surface area (Å²) < 4.78 is 5.21. The Hall–Kier alpha value is -9.39. The topological polar surface area (TPSA) is 438 Å². The Morgan fingerprint density at radius 2 is 0.963 bits per heavy atom. The summed E-state index contributed by atoms with van der Waals surface area (Å²) in [6, 6.07) is 17.1. The minimum absolute atomic E-state index is 0.0153. The van der Waals surface area contributed by atoms with Gasteiger partial charge in [0.2, 0.25) is 35.4 Å². The molecule has 0 spiro atoms. The quantitative estimate of drug-likeness (QED) is 0.0148. The van der Waals surface area contributed by atoms with Gasteiger partial charge in [0.25, 0.3) is 5.91 Å². The molecule has 0 saturated carbocycles. The van der Waals surface area contributed by atoms with Gasteiger partial charge in [0.05, 0.1) is 7.11 Å². The second-order valence-corrected chi connectivity index (χ2v) is 18.9. The largest absolute Gasteiger partial charge is 0.508 e. The van der Waals surface area contributed by atoms with Crippen LogP contribution in [0.25, 0.3) is 10.9 Å². The van der Waals surface area contributed by atoms with Crippen molar-refractivity contribution in [2.75, 3.05) is 26.7 Å². The highest BCUT2D eigenvalue weighted by atomic mass is 16.5. The molecule has 5 rings (SSSR count). The molecule has 80 heavy (non-hydrogen) atoms. The van der Waals surface area contributed by atoms with Crippen molar-refractivity contribution in [3.8, 4) is 17.2 Å². The maximum absolute atomic E-state index is 14.8. The van der Waals surface area contributed by atoms with E-state index in [1.165, 1.54) is 67.8 Å². The minimum Gasteiger partial charge on any atom is -0.508 e. The third-order valence-corrected chi connectivity index (χ3v) is 12.9. The van der Waals surface area contributed by atoms with Gasteiger partial charge >= 0.3 is 0 Å². The van der Waals surface area contributed by atoms with Crippen molar-refractivity contribution in [3.05, 3.63) is 126 Å². The number of phenolic OH excluding ortho intramolecular Hbond substituents is 2. The lowest BCUT2D eigenvalue weighted by atomic mass is 10.0. The molecule has 1 heterocycles. The third-order valence-electron chi connectivity index (χ3n) is 12.9. The predicted molar refractivity (Wildman–Crippen MR) is 301 cm³/mol. The van der Waals surface area contributed by atoms with Crippen LogP contribution < -0.4 is 71.0 Å². The van der Waals surface area contributed by atoms with Gasteiger partial charge in [0, 0.05) is 55.0 Å². The summed E-state index contributed by atoms with van der Waals surface area (Å²) in [5.41, 5.74) is 36.2. The number of fused-ring (bicyclic) bond motifs is 1. The maximum atomic E-state index is 14.8. The number of methoxy groups -OCH3 is 1. The number of guanidine groups is 2. The summed E-state index contributed by atoms with van der Waals surface area (Å²) in [6.45, 7) is 0.488. The Balaban J connectivity index is 1.48. The lowest BCUT2D eigenvalue weighted by molar-refractivity contribution is -0.135. The summed E-state index contributed by atoms with van der Waals surface area (Å²) in [5, 5.41) is 37.5. The second-order valence-electron chi connectivity index (χ2n) is 18.9. The standard InChI is InChI=1S/C55H73N15O10/c1-80-38-23-17-34(18-24-38)48(74)66-42(11-6-26-62-54(58)59)49(75)68-45(29-33-15-21-37(72)22-16-33)52(78)69-44(28-32-13-19-36(71)20-14-32)51(77)67-43(12-7-27-63-55(60)61)50(76)70-46(30-35-31-64-40-9-3-2-8-39(35)40)53(79)65-41(47(57)73)10-4-5-25-56/h2-3,8-9,13-24,31,41-46,64,71-72H,4-7,10-12,25-30,56H2,1H3,(H2,57,73)(H,65,79)(H,66,74)(H,67,77)(H,68,75)(H,69,78)(H,70,76)(H4,58,59,62)(H4,60,61,63)/t41-,42-,43-,44-,45-,46+/m0/s1. The Bertz CT molecular complexity index is 2920. The van der Waals surface area contributed by atoms with Gasteiger partial charge in [0.1, 0.15) is 53.5 Å². The van der Waals surface area contributed by atoms with Gasteiger partial charge in [-0.25, -0.2) is 0 Å². The summed E-state index contributed by atoms with van der Waals surface area (Å²) in [5.74, 6) is -5.55. The zero-order valence-corrected chi connectivity index (χ0v) is 44.5. The minimum atomic E-state index is -1.49. The first kappa shape index (κ1) is 61.5. The molecule has 0 aliphatic heterocycles. The Morgan fingerprint density at radius 1 is 0.525 bits per heavy atom. The first-order chi connectivity index (χ1) is 38.3. The lowest BCUT2D eigenvalue weighted by Gasteiger charge is -2.28. The van der Waals surface area contributed by atoms with E-state index in [9.17, 15) is 43.8 Å². The number of nitrogens with two attached hydrogens (primary N) is 6. The van der Waals surface area contributed by atoms with E-state index >= 15 is 0 Å². The number of rotatable bonds is 32. The van der Waals surface area contributed by atoms with E-state index in [0.29, 0.717) is 41.8 Å². The van der Waals surface area contributed by atoms with Crippen molar-refractivity contribution in [2.24, 2.45) is 44.4 Å². The average molecular weight is 1100 g/mol. The smallest absolute Gasteiger partial charge is 0.251 e. The van der Waals surface area contributed by atoms with Crippen LogP contribution in [-0.4, -0.2) is 131 Å². The predicted octanol–water partition coefficient (Wildman–Crippen LogP) is -0.440. The summed E-state index contributed by atoms with van der Waals surface area (Å²) in [4.78, 5) is 110. The van der Waals surface area contributed by atoms with Crippen LogP contribution in [0.15, 0.2) is 113 Å². The number of carbonyl (C=O) groups excluding carboxylic acids is 7. The summed E-state index contributed by atoms with van der Waals surface area (Å²) in [7, 11) is 1.47. The van der Waals surface area contributed by atoms with Gasteiger partial charge in [-0.3, -0.25) is 43.5 Å². The highest BCUT2D eigenvalue weighted by Gasteiger charge is 2.34. The van der Waals surface area contributed by atoms with Crippen LogP contribution >= 0.6 is 0 Å². The fourth-order valence-corrected chi connectivity index (χ4v) is 8.55. The maximum Gasteiger partial charge on any atom is 0.251 e. The van der Waals surface area contributed by atoms with Crippen LogP contribution in [0, 0.1) is 0 Å². The summed E-state index contributed by atoms with van der Waals surface area (Å²) >= 11 is 0. The number of nitrogens with zero attached hydrogens (tertiary/aromatic N) is 2. The number of H-pyrrole nitrogens is 1. The molecule has 4 aromatic carbocycles. The number of aromatic hydroxyl groups is 2. The van der Waals surface area contributed by atoms with E-state index in [0.717, 1.165) is 10.9 Å². The van der Waals surface area contributed by atoms with Gasteiger partial charge in [-0.2, -0.15) is 0 Å². The number of unbranched alkanes of at least 4 members (excludes halogenated alkanes) is 1. The Kier molecular flexibility index (Phi) is 23.9. The molecule has 0 radical (unpaired) electrons. The van der Waals surface area contributed by atoms with Crippen LogP contribution in [0.3, 0.4) is 0 Å². The molecule has 6 atom stereocenters. The molecule has 5 aromatic rings. The molecular weight excluding hydrogens is 1030 g/mol. The zero-order valence-electron chi connectivity index (χ0n) is 44.5. The molecule has 1 aromatic heterocycles. The highest BCUT2D eigenvalue weighted by Crippen LogP contribution is 2.21. The number of hydrogen-bond donors (Lipinski definition) is 15. The summed E-state index contributed by atoms with van der Waals surface area (Å²) in [6.07, 6.45) is 2.74. The number of benzene rings is 4. The first-order valence-electron chi connectivity index (χ1n) is 26.0. The van der Waals surface area contributed by atoms with Crippen molar-refractivity contribution >= 4 is 64.2 Å². The molecule has 0 unspecified atom stereocenters. The molecule has 0 fully saturated rings. The van der Waals surface area contributed by atoms with Gasteiger partial charge in [0.15, 0.2) is 11.9 Å². The second kappa shape index (κ2) is 31.1. The molecule has 25 nitrogen and oxygen atoms in total. The van der Waals surface area contributed by atoms with Crippen LogP contribution in [0.1, 0.15) is 72.0 Å². The van der Waals surface area contributed by atoms with E-state index in [4.69, 9.17) is 39.1 Å². The molecule has 428 valence electrons. The molecule has 21 N–H and O–H groups in total. The van der Waals surface area contributed by atoms with E-state index in [2.05, 4.69) is 46.9 Å². The lowest BCUT2D eigenvalue weighted by Crippen LogP contribution is -2.60. The van der Waals surface area contributed by atoms with E-state index in [1.807, 2.05) is 24.3 Å². The number of aliphatic imine (C=N–C) groups is 2. The van der Waals surface area contributed by atoms with Gasteiger partial charge in [-0.15, -0.1) is 0 Å². The molecule has 0 aliphatic rings. The zero-order chi connectivity index (χ0) is 58.1. The van der Waals surface area contributed by atoms with Crippen molar-refractivity contribution in [1.29, 1.82) is 0 Å². The number of para-hydroxylation sites is 1. The number of aromatic nitrogens is 1. The molecule has 7 amide bonds. The van der Waals surface area contributed by atoms with Gasteiger partial charge in [-0.1, -0.05) is 42.5 Å². The number of phenols is 2. The molecule has 25 heteroatoms. The third kappa shape index (κ3) is 19.9. The fourth-order valence-electron chi connectivity index (χ4n) is 8.55. The molecule has 0 saturated heterocycles. The number of nitrogens with one attached hydrogen (secondary N) is 7. The van der Waals surface area contributed by atoms with Crippen molar-refractivity contribution in [2.45, 2.75) is 100 Å². The van der Waals surface area contributed by atoms with Crippen LogP contribution in [-0.2, 0) is 48.0 Å². The SMILES string of the molecule is COc1ccc(C(=O)N[C@@H](CCCN=C(N)N)C(=O)N[C@@H](Cc2ccc(O)cc2)C(=O)N[C@@H](Cc2ccc(O)cc2)C(=O)N[C@@H](CCCN=C(N)N)C(=O)N[C@H](Cc2c[nH]c3ccccc23)C(=O)N[C@@H](CCCCN)C(N)=O)cc1. The normalized spacial score (nSPS) is 13.2. The van der Waals surface area contributed by atoms with Crippen LogP contribution in [0.5, 0.6) is 17.2 Å².